The number of anilines is 1. The first-order valence-electron chi connectivity index (χ1n) is 10.9. The van der Waals surface area contributed by atoms with E-state index in [0.29, 0.717) is 29.9 Å². The van der Waals surface area contributed by atoms with Crippen molar-refractivity contribution in [2.45, 2.75) is 25.8 Å². The van der Waals surface area contributed by atoms with Gasteiger partial charge in [-0.05, 0) is 46.4 Å². The van der Waals surface area contributed by atoms with Crippen molar-refractivity contribution in [3.63, 3.8) is 0 Å². The minimum atomic E-state index is -0.451. The molecule has 3 aromatic carbocycles. The molecule has 0 fully saturated rings. The number of rotatable bonds is 5. The van der Waals surface area contributed by atoms with E-state index in [1.807, 2.05) is 54.6 Å². The summed E-state index contributed by atoms with van der Waals surface area (Å²) < 4.78 is 11.3. The summed E-state index contributed by atoms with van der Waals surface area (Å²) in [5.74, 6) is 1.19. The summed E-state index contributed by atoms with van der Waals surface area (Å²) in [4.78, 5) is 18.5. The molecule has 3 aromatic rings. The number of ether oxygens (including phenoxy) is 2. The number of nitrogens with one attached hydrogen (secondary N) is 1. The van der Waals surface area contributed by atoms with Crippen LogP contribution in [0, 0.1) is 5.92 Å². The average molecular weight is 427 g/mol. The summed E-state index contributed by atoms with van der Waals surface area (Å²) in [6, 6.07) is 21.7. The first kappa shape index (κ1) is 20.3. The molecule has 1 heterocycles. The molecule has 0 bridgehead atoms. The molecule has 1 amide bonds. The first-order valence-corrected chi connectivity index (χ1v) is 10.9. The van der Waals surface area contributed by atoms with Crippen molar-refractivity contribution in [1.29, 1.82) is 0 Å². The standard InChI is InChI=1S/C27H26N2O3/c1-16(2)23-15-32-27(29-23)22-13-7-12-20-19-10-4-5-11-21(19)25(24(20)22)26(30)28-17-8-6-9-18(14-17)31-3/h4-14,16,23,25H,15H2,1-3H3,(H,28,30)/t23-,25?/m1/s1. The molecular formula is C27H26N2O3. The molecule has 2 aliphatic rings. The summed E-state index contributed by atoms with van der Waals surface area (Å²) in [7, 11) is 1.61. The van der Waals surface area contributed by atoms with Gasteiger partial charge in [0, 0.05) is 17.3 Å². The van der Waals surface area contributed by atoms with Crippen molar-refractivity contribution in [1.82, 2.24) is 0 Å². The Labute approximate surface area is 188 Å². The van der Waals surface area contributed by atoms with Crippen LogP contribution in [0.1, 0.15) is 36.5 Å². The molecule has 162 valence electrons. The summed E-state index contributed by atoms with van der Waals surface area (Å²) >= 11 is 0. The van der Waals surface area contributed by atoms with E-state index in [9.17, 15) is 4.79 Å². The Balaban J connectivity index is 1.59. The molecule has 1 aliphatic heterocycles. The smallest absolute Gasteiger partial charge is 0.236 e. The average Bonchev–Trinajstić information content (AvgIpc) is 3.42. The molecule has 2 atom stereocenters. The van der Waals surface area contributed by atoms with E-state index < -0.39 is 5.92 Å². The minimum Gasteiger partial charge on any atom is -0.497 e. The topological polar surface area (TPSA) is 59.9 Å². The summed E-state index contributed by atoms with van der Waals surface area (Å²) in [6.07, 6.45) is 0. The van der Waals surface area contributed by atoms with Crippen LogP contribution in [-0.2, 0) is 9.53 Å². The van der Waals surface area contributed by atoms with Crippen LogP contribution in [-0.4, -0.2) is 31.6 Å². The second-order valence-corrected chi connectivity index (χ2v) is 8.56. The van der Waals surface area contributed by atoms with Crippen molar-refractivity contribution < 1.29 is 14.3 Å². The fraction of sp³-hybridized carbons (Fsp3) is 0.259. The second kappa shape index (κ2) is 8.15. The van der Waals surface area contributed by atoms with Crippen molar-refractivity contribution in [2.75, 3.05) is 19.0 Å². The van der Waals surface area contributed by atoms with Gasteiger partial charge in [0.05, 0.1) is 19.1 Å². The highest BCUT2D eigenvalue weighted by Crippen LogP contribution is 2.47. The lowest BCUT2D eigenvalue weighted by molar-refractivity contribution is -0.116. The number of amides is 1. The molecule has 0 saturated heterocycles. The molecule has 5 nitrogen and oxygen atoms in total. The number of hydrogen-bond acceptors (Lipinski definition) is 4. The lowest BCUT2D eigenvalue weighted by Gasteiger charge is -2.17. The van der Waals surface area contributed by atoms with Crippen LogP contribution in [0.3, 0.4) is 0 Å². The van der Waals surface area contributed by atoms with Gasteiger partial charge in [0.1, 0.15) is 12.4 Å². The lowest BCUT2D eigenvalue weighted by Crippen LogP contribution is -2.22. The van der Waals surface area contributed by atoms with Gasteiger partial charge in [-0.3, -0.25) is 4.79 Å². The Morgan fingerprint density at radius 3 is 2.56 bits per heavy atom. The van der Waals surface area contributed by atoms with E-state index in [1.165, 1.54) is 0 Å². The van der Waals surface area contributed by atoms with E-state index in [4.69, 9.17) is 14.5 Å². The number of carbonyl (C=O) groups excluding carboxylic acids is 1. The Morgan fingerprint density at radius 1 is 1.03 bits per heavy atom. The predicted octanol–water partition coefficient (Wildman–Crippen LogP) is 5.25. The van der Waals surface area contributed by atoms with Crippen LogP contribution < -0.4 is 10.1 Å². The van der Waals surface area contributed by atoms with Crippen LogP contribution in [0.5, 0.6) is 5.75 Å². The van der Waals surface area contributed by atoms with Gasteiger partial charge in [0.15, 0.2) is 0 Å². The fourth-order valence-corrected chi connectivity index (χ4v) is 4.51. The minimum absolute atomic E-state index is 0.0871. The second-order valence-electron chi connectivity index (χ2n) is 8.56. The molecule has 1 N–H and O–H groups in total. The Kier molecular flexibility index (Phi) is 5.17. The van der Waals surface area contributed by atoms with Crippen LogP contribution in [0.4, 0.5) is 5.69 Å². The highest BCUT2D eigenvalue weighted by molar-refractivity contribution is 6.08. The third-order valence-electron chi connectivity index (χ3n) is 6.23. The SMILES string of the molecule is COc1cccc(NC(=O)C2c3ccccc3-c3cccc(C4=N[C@@H](C(C)C)CO4)c32)c1. The van der Waals surface area contributed by atoms with Gasteiger partial charge < -0.3 is 14.8 Å². The normalized spacial score (nSPS) is 18.6. The number of hydrogen-bond donors (Lipinski definition) is 1. The highest BCUT2D eigenvalue weighted by atomic mass is 16.5. The summed E-state index contributed by atoms with van der Waals surface area (Å²) in [5, 5.41) is 3.09. The van der Waals surface area contributed by atoms with Gasteiger partial charge in [-0.1, -0.05) is 56.3 Å². The Hall–Kier alpha value is -3.60. The van der Waals surface area contributed by atoms with Crippen molar-refractivity contribution in [3.8, 4) is 16.9 Å². The zero-order chi connectivity index (χ0) is 22.2. The van der Waals surface area contributed by atoms with Gasteiger partial charge >= 0.3 is 0 Å². The molecule has 0 aromatic heterocycles. The molecule has 5 rings (SSSR count). The van der Waals surface area contributed by atoms with Crippen LogP contribution in [0.25, 0.3) is 11.1 Å². The Bertz CT molecular complexity index is 1220. The third-order valence-corrected chi connectivity index (χ3v) is 6.23. The fourth-order valence-electron chi connectivity index (χ4n) is 4.51. The van der Waals surface area contributed by atoms with Crippen molar-refractivity contribution in [2.24, 2.45) is 10.9 Å². The number of carbonyl (C=O) groups is 1. The van der Waals surface area contributed by atoms with Gasteiger partial charge in [0.2, 0.25) is 11.8 Å². The number of benzene rings is 3. The molecule has 0 spiro atoms. The summed E-state index contributed by atoms with van der Waals surface area (Å²) in [6.45, 7) is 4.87. The molecule has 32 heavy (non-hydrogen) atoms. The van der Waals surface area contributed by atoms with Crippen LogP contribution in [0.2, 0.25) is 0 Å². The number of methoxy groups -OCH3 is 1. The van der Waals surface area contributed by atoms with E-state index in [1.54, 1.807) is 7.11 Å². The maximum Gasteiger partial charge on any atom is 0.236 e. The monoisotopic (exact) mass is 426 g/mol. The quantitative estimate of drug-likeness (QED) is 0.606. The third kappa shape index (κ3) is 3.44. The molecule has 5 heteroatoms. The zero-order valence-electron chi connectivity index (χ0n) is 18.5. The van der Waals surface area contributed by atoms with Crippen LogP contribution >= 0.6 is 0 Å². The van der Waals surface area contributed by atoms with Crippen molar-refractivity contribution >= 4 is 17.5 Å². The van der Waals surface area contributed by atoms with E-state index >= 15 is 0 Å². The maximum absolute atomic E-state index is 13.6. The van der Waals surface area contributed by atoms with Crippen LogP contribution in [0.15, 0.2) is 71.7 Å². The van der Waals surface area contributed by atoms with E-state index in [0.717, 1.165) is 27.8 Å². The molecule has 0 saturated carbocycles. The van der Waals surface area contributed by atoms with E-state index in [-0.39, 0.29) is 11.9 Å². The summed E-state index contributed by atoms with van der Waals surface area (Å²) in [5.41, 5.74) is 5.68. The van der Waals surface area contributed by atoms with E-state index in [2.05, 4.69) is 31.3 Å². The molecule has 1 unspecified atom stereocenters. The number of aliphatic imine (C=N–C) groups is 1. The van der Waals surface area contributed by atoms with Crippen molar-refractivity contribution in [3.05, 3.63) is 83.4 Å². The number of fused-ring (bicyclic) bond motifs is 3. The van der Waals surface area contributed by atoms with Gasteiger partial charge in [-0.25, -0.2) is 4.99 Å². The maximum atomic E-state index is 13.6. The predicted molar refractivity (Wildman–Crippen MR) is 126 cm³/mol. The Morgan fingerprint density at radius 2 is 1.78 bits per heavy atom. The largest absolute Gasteiger partial charge is 0.497 e. The zero-order valence-corrected chi connectivity index (χ0v) is 18.5. The highest BCUT2D eigenvalue weighted by Gasteiger charge is 2.38. The lowest BCUT2D eigenvalue weighted by atomic mass is 9.91. The molecule has 1 aliphatic carbocycles. The van der Waals surface area contributed by atoms with Gasteiger partial charge in [-0.2, -0.15) is 0 Å². The van der Waals surface area contributed by atoms with Gasteiger partial charge in [0.25, 0.3) is 0 Å². The first-order chi connectivity index (χ1) is 15.6. The van der Waals surface area contributed by atoms with Gasteiger partial charge in [-0.15, -0.1) is 0 Å². The molecular weight excluding hydrogens is 400 g/mol. The molecule has 0 radical (unpaired) electrons. The number of nitrogens with zero attached hydrogens (tertiary/aromatic N) is 1.